The van der Waals surface area contributed by atoms with Crippen molar-refractivity contribution in [2.75, 3.05) is 18.6 Å². The summed E-state index contributed by atoms with van der Waals surface area (Å²) in [5, 5.41) is 20.0. The molecule has 1 N–H and O–H groups in total. The van der Waals surface area contributed by atoms with Crippen LogP contribution in [-0.2, 0) is 20.1 Å². The minimum Gasteiger partial charge on any atom is -0.507 e. The van der Waals surface area contributed by atoms with Crippen LogP contribution in [0.1, 0.15) is 52.9 Å². The molecule has 3 aromatic carbocycles. The normalized spacial score (nSPS) is 15.9. The molecule has 0 saturated carbocycles. The number of carbonyl (C=O) groups excluding carboxylic acids is 3. The van der Waals surface area contributed by atoms with Crippen molar-refractivity contribution in [3.05, 3.63) is 106 Å². The van der Waals surface area contributed by atoms with Gasteiger partial charge in [-0.15, -0.1) is 10.2 Å². The van der Waals surface area contributed by atoms with Crippen molar-refractivity contribution in [1.29, 1.82) is 0 Å². The molecule has 0 bridgehead atoms. The van der Waals surface area contributed by atoms with Crippen LogP contribution in [-0.4, -0.2) is 46.7 Å². The van der Waals surface area contributed by atoms with Crippen LogP contribution in [0, 0.1) is 5.82 Å². The summed E-state index contributed by atoms with van der Waals surface area (Å²) in [5.74, 6) is -1.89. The van der Waals surface area contributed by atoms with Crippen molar-refractivity contribution >= 4 is 51.6 Å². The average Bonchev–Trinajstić information content (AvgIpc) is 3.62. The number of aromatic nitrogens is 2. The van der Waals surface area contributed by atoms with E-state index in [2.05, 4.69) is 17.1 Å². The molecule has 1 aliphatic rings. The van der Waals surface area contributed by atoms with Gasteiger partial charge in [0.15, 0.2) is 4.34 Å². The Kier molecular flexibility index (Phi) is 9.71. The molecule has 1 aliphatic heterocycles. The summed E-state index contributed by atoms with van der Waals surface area (Å²) in [7, 11) is 1.27. The van der Waals surface area contributed by atoms with Crippen LogP contribution in [0.3, 0.4) is 0 Å². The Labute approximate surface area is 261 Å². The lowest BCUT2D eigenvalue weighted by atomic mass is 9.94. The van der Waals surface area contributed by atoms with E-state index in [0.29, 0.717) is 33.6 Å². The number of aliphatic hydroxyl groups excluding tert-OH is 1. The highest BCUT2D eigenvalue weighted by Crippen LogP contribution is 2.44. The van der Waals surface area contributed by atoms with Gasteiger partial charge in [0.05, 0.1) is 30.9 Å². The van der Waals surface area contributed by atoms with Gasteiger partial charge < -0.3 is 14.6 Å². The SMILES string of the molecule is CCCCOc1ccc(C(O)=C2C(=O)C(=O)N(c3nnc(SCc4ccc(F)cc4)s3)C2c2ccc(C(=O)OC)cc2)cc1. The van der Waals surface area contributed by atoms with E-state index >= 15 is 0 Å². The Morgan fingerprint density at radius 1 is 1.00 bits per heavy atom. The largest absolute Gasteiger partial charge is 0.507 e. The number of aliphatic hydroxyl groups is 1. The Balaban J connectivity index is 1.50. The molecule has 1 unspecified atom stereocenters. The van der Waals surface area contributed by atoms with Gasteiger partial charge in [-0.25, -0.2) is 9.18 Å². The lowest BCUT2D eigenvalue weighted by Crippen LogP contribution is -2.29. The van der Waals surface area contributed by atoms with Crippen LogP contribution in [0.2, 0.25) is 0 Å². The summed E-state index contributed by atoms with van der Waals surface area (Å²) in [6.07, 6.45) is 1.89. The fraction of sp³-hybridized carbons (Fsp3) is 0.219. The standard InChI is InChI=1S/C32H28FN3O6S2/c1-3-4-17-42-24-15-11-21(12-16-24)27(37)25-26(20-7-9-22(10-8-20)30(40)41-2)36(29(39)28(25)38)31-34-35-32(44-31)43-18-19-5-13-23(33)14-6-19/h5-16,26,37H,3-4,17-18H2,1-2H3. The molecule has 44 heavy (non-hydrogen) atoms. The fourth-order valence-electron chi connectivity index (χ4n) is 4.55. The number of Topliss-reactive ketones (excluding diaryl/α,β-unsaturated/α-hetero) is 1. The lowest BCUT2D eigenvalue weighted by molar-refractivity contribution is -0.132. The van der Waals surface area contributed by atoms with Crippen molar-refractivity contribution < 1.29 is 33.4 Å². The Morgan fingerprint density at radius 3 is 2.34 bits per heavy atom. The molecule has 12 heteroatoms. The third-order valence-electron chi connectivity index (χ3n) is 6.86. The minimum atomic E-state index is -1.05. The number of anilines is 1. The predicted octanol–water partition coefficient (Wildman–Crippen LogP) is 6.56. The number of amides is 1. The number of nitrogens with zero attached hydrogens (tertiary/aromatic N) is 3. The molecule has 1 fully saturated rings. The average molecular weight is 634 g/mol. The number of methoxy groups -OCH3 is 1. The first-order valence-electron chi connectivity index (χ1n) is 13.7. The zero-order valence-corrected chi connectivity index (χ0v) is 25.5. The van der Waals surface area contributed by atoms with E-state index in [1.165, 1.54) is 48.0 Å². The summed E-state index contributed by atoms with van der Waals surface area (Å²) in [6, 6.07) is 17.9. The van der Waals surface area contributed by atoms with Gasteiger partial charge in [0.2, 0.25) is 5.13 Å². The van der Waals surface area contributed by atoms with Gasteiger partial charge in [0.25, 0.3) is 5.78 Å². The number of unbranched alkanes of at least 4 members (excludes halogenated alkanes) is 1. The van der Waals surface area contributed by atoms with Crippen LogP contribution in [0.15, 0.2) is 82.7 Å². The second-order valence-corrected chi connectivity index (χ2v) is 12.0. The maximum atomic E-state index is 13.5. The first kappa shape index (κ1) is 30.9. The third-order valence-corrected chi connectivity index (χ3v) is 8.99. The van der Waals surface area contributed by atoms with E-state index < -0.39 is 23.7 Å². The molecule has 2 heterocycles. The molecular formula is C32H28FN3O6S2. The zero-order valence-electron chi connectivity index (χ0n) is 23.9. The van der Waals surface area contributed by atoms with Crippen LogP contribution in [0.5, 0.6) is 5.75 Å². The quantitative estimate of drug-likeness (QED) is 0.0372. The summed E-state index contributed by atoms with van der Waals surface area (Å²) in [4.78, 5) is 40.3. The van der Waals surface area contributed by atoms with Gasteiger partial charge in [0.1, 0.15) is 17.3 Å². The van der Waals surface area contributed by atoms with Crippen LogP contribution >= 0.6 is 23.1 Å². The molecule has 1 atom stereocenters. The molecule has 0 aliphatic carbocycles. The van der Waals surface area contributed by atoms with Crippen LogP contribution in [0.25, 0.3) is 5.76 Å². The van der Waals surface area contributed by atoms with Gasteiger partial charge in [-0.2, -0.15) is 0 Å². The van der Waals surface area contributed by atoms with Crippen LogP contribution < -0.4 is 9.64 Å². The fourth-order valence-corrected chi connectivity index (χ4v) is 6.37. The first-order valence-corrected chi connectivity index (χ1v) is 15.5. The lowest BCUT2D eigenvalue weighted by Gasteiger charge is -2.22. The van der Waals surface area contributed by atoms with Gasteiger partial charge >= 0.3 is 11.9 Å². The molecular weight excluding hydrogens is 605 g/mol. The van der Waals surface area contributed by atoms with Crippen molar-refractivity contribution in [2.24, 2.45) is 0 Å². The van der Waals surface area contributed by atoms with Gasteiger partial charge in [-0.05, 0) is 66.1 Å². The number of esters is 1. The Bertz CT molecular complexity index is 1690. The van der Waals surface area contributed by atoms with E-state index in [1.54, 1.807) is 48.5 Å². The molecule has 4 aromatic rings. The number of hydrogen-bond donors (Lipinski definition) is 1. The summed E-state index contributed by atoms with van der Waals surface area (Å²) in [6.45, 7) is 2.62. The van der Waals surface area contributed by atoms with Gasteiger partial charge in [-0.1, -0.05) is 60.7 Å². The molecule has 9 nitrogen and oxygen atoms in total. The molecule has 1 amide bonds. The first-order chi connectivity index (χ1) is 21.3. The second-order valence-electron chi connectivity index (χ2n) is 9.77. The van der Waals surface area contributed by atoms with Gasteiger partial charge in [0, 0.05) is 11.3 Å². The van der Waals surface area contributed by atoms with Crippen LogP contribution in [0.4, 0.5) is 9.52 Å². The maximum absolute atomic E-state index is 13.5. The number of benzene rings is 3. The number of ether oxygens (including phenoxy) is 2. The summed E-state index contributed by atoms with van der Waals surface area (Å²) in [5.41, 5.74) is 1.82. The van der Waals surface area contributed by atoms with E-state index in [-0.39, 0.29) is 27.8 Å². The van der Waals surface area contributed by atoms with Crippen molar-refractivity contribution in [2.45, 2.75) is 35.9 Å². The molecule has 0 spiro atoms. The van der Waals surface area contributed by atoms with E-state index in [1.807, 2.05) is 0 Å². The number of ketones is 1. The van der Waals surface area contributed by atoms with E-state index in [9.17, 15) is 23.9 Å². The number of carbonyl (C=O) groups is 3. The highest BCUT2D eigenvalue weighted by molar-refractivity contribution is 8.00. The zero-order chi connectivity index (χ0) is 31.2. The molecule has 5 rings (SSSR count). The Hall–Kier alpha value is -4.55. The van der Waals surface area contributed by atoms with Crippen molar-refractivity contribution in [1.82, 2.24) is 10.2 Å². The molecule has 1 saturated heterocycles. The summed E-state index contributed by atoms with van der Waals surface area (Å²) >= 11 is 2.47. The smallest absolute Gasteiger partial charge is 0.337 e. The highest BCUT2D eigenvalue weighted by Gasteiger charge is 2.48. The van der Waals surface area contributed by atoms with Crippen molar-refractivity contribution in [3.8, 4) is 5.75 Å². The monoisotopic (exact) mass is 633 g/mol. The topological polar surface area (TPSA) is 119 Å². The third kappa shape index (κ3) is 6.66. The van der Waals surface area contributed by atoms with E-state index in [4.69, 9.17) is 9.47 Å². The van der Waals surface area contributed by atoms with E-state index in [0.717, 1.165) is 29.7 Å². The predicted molar refractivity (Wildman–Crippen MR) is 165 cm³/mol. The summed E-state index contributed by atoms with van der Waals surface area (Å²) < 4.78 is 24.3. The molecule has 0 radical (unpaired) electrons. The number of halogens is 1. The number of thioether (sulfide) groups is 1. The number of hydrogen-bond acceptors (Lipinski definition) is 10. The number of rotatable bonds is 11. The van der Waals surface area contributed by atoms with Crippen molar-refractivity contribution in [3.63, 3.8) is 0 Å². The Morgan fingerprint density at radius 2 is 1.68 bits per heavy atom. The second kappa shape index (κ2) is 13.8. The molecule has 226 valence electrons. The highest BCUT2D eigenvalue weighted by atomic mass is 32.2. The van der Waals surface area contributed by atoms with Gasteiger partial charge in [-0.3, -0.25) is 14.5 Å². The molecule has 1 aromatic heterocycles. The minimum absolute atomic E-state index is 0.129. The maximum Gasteiger partial charge on any atom is 0.337 e.